The zero-order valence-corrected chi connectivity index (χ0v) is 16.8. The molecule has 1 N–H and O–H groups in total. The number of anilines is 1. The van der Waals surface area contributed by atoms with Crippen LogP contribution in [-0.2, 0) is 14.8 Å². The lowest BCUT2D eigenvalue weighted by Gasteiger charge is -2.21. The molecule has 140 valence electrons. The van der Waals surface area contributed by atoms with Gasteiger partial charge in [-0.2, -0.15) is 4.31 Å². The van der Waals surface area contributed by atoms with Crippen LogP contribution < -0.4 is 5.32 Å². The highest BCUT2D eigenvalue weighted by Gasteiger charge is 2.22. The van der Waals surface area contributed by atoms with E-state index in [9.17, 15) is 13.2 Å². The number of amides is 1. The van der Waals surface area contributed by atoms with Crippen LogP contribution in [0.1, 0.15) is 20.3 Å². The zero-order valence-electron chi connectivity index (χ0n) is 15.2. The summed E-state index contributed by atoms with van der Waals surface area (Å²) in [6.45, 7) is 3.64. The summed E-state index contributed by atoms with van der Waals surface area (Å²) in [7, 11) is -1.96. The first kappa shape index (κ1) is 20.5. The molecule has 0 spiro atoms. The molecule has 2 aromatic rings. The van der Waals surface area contributed by atoms with E-state index in [-0.39, 0.29) is 16.8 Å². The fourth-order valence-corrected chi connectivity index (χ4v) is 4.40. The van der Waals surface area contributed by atoms with Crippen LogP contribution in [0.25, 0.3) is 0 Å². The topological polar surface area (TPSA) is 66.5 Å². The molecule has 0 heterocycles. The molecular weight excluding hydrogens is 368 g/mol. The first-order valence-electron chi connectivity index (χ1n) is 8.36. The molecule has 2 rings (SSSR count). The molecule has 7 heteroatoms. The number of hydrogen-bond acceptors (Lipinski definition) is 4. The number of nitrogens with zero attached hydrogens (tertiary/aromatic N) is 1. The van der Waals surface area contributed by atoms with Crippen LogP contribution >= 0.6 is 11.8 Å². The van der Waals surface area contributed by atoms with Gasteiger partial charge in [-0.3, -0.25) is 4.79 Å². The largest absolute Gasteiger partial charge is 0.326 e. The van der Waals surface area contributed by atoms with Crippen LogP contribution in [0, 0.1) is 0 Å². The van der Waals surface area contributed by atoms with Gasteiger partial charge in [-0.05, 0) is 50.2 Å². The van der Waals surface area contributed by atoms with Gasteiger partial charge in [0.15, 0.2) is 0 Å². The number of hydrogen-bond donors (Lipinski definition) is 1. The molecule has 1 amide bonds. The lowest BCUT2D eigenvalue weighted by atomic mass is 10.3. The Morgan fingerprint density at radius 1 is 1.08 bits per heavy atom. The third-order valence-electron chi connectivity index (χ3n) is 3.88. The molecule has 0 saturated carbocycles. The average Bonchev–Trinajstić information content (AvgIpc) is 2.62. The minimum absolute atomic E-state index is 0.0941. The molecule has 0 aliphatic heterocycles. The van der Waals surface area contributed by atoms with E-state index in [0.717, 1.165) is 4.90 Å². The van der Waals surface area contributed by atoms with E-state index in [1.807, 2.05) is 44.2 Å². The number of carbonyl (C=O) groups excluding carboxylic acids is 1. The lowest BCUT2D eigenvalue weighted by Crippen LogP contribution is -2.33. The Kier molecular flexibility index (Phi) is 7.25. The van der Waals surface area contributed by atoms with E-state index >= 15 is 0 Å². The quantitative estimate of drug-likeness (QED) is 0.693. The van der Waals surface area contributed by atoms with E-state index in [1.54, 1.807) is 30.9 Å². The van der Waals surface area contributed by atoms with Crippen LogP contribution in [0.5, 0.6) is 0 Å². The third kappa shape index (κ3) is 5.59. The second-order valence-electron chi connectivity index (χ2n) is 6.10. The van der Waals surface area contributed by atoms with Gasteiger partial charge in [0.05, 0.1) is 4.90 Å². The highest BCUT2D eigenvalue weighted by molar-refractivity contribution is 7.99. The van der Waals surface area contributed by atoms with Gasteiger partial charge in [-0.25, -0.2) is 8.42 Å². The Bertz CT molecular complexity index is 820. The number of rotatable bonds is 8. The van der Waals surface area contributed by atoms with Crippen LogP contribution in [0.3, 0.4) is 0 Å². The maximum absolute atomic E-state index is 12.4. The van der Waals surface area contributed by atoms with Gasteiger partial charge < -0.3 is 5.32 Å². The second-order valence-corrected chi connectivity index (χ2v) is 9.26. The predicted molar refractivity (Wildman–Crippen MR) is 107 cm³/mol. The monoisotopic (exact) mass is 392 g/mol. The van der Waals surface area contributed by atoms with Crippen molar-refractivity contribution < 1.29 is 13.2 Å². The number of thioether (sulfide) groups is 1. The minimum Gasteiger partial charge on any atom is -0.326 e. The van der Waals surface area contributed by atoms with Gasteiger partial charge in [0.25, 0.3) is 0 Å². The summed E-state index contributed by atoms with van der Waals surface area (Å²) < 4.78 is 26.2. The Hall–Kier alpha value is -1.83. The average molecular weight is 393 g/mol. The van der Waals surface area contributed by atoms with E-state index in [4.69, 9.17) is 0 Å². The molecular formula is C19H24N2O3S2. The fourth-order valence-electron chi connectivity index (χ4n) is 2.16. The minimum atomic E-state index is -3.51. The molecule has 0 saturated heterocycles. The number of nitrogens with one attached hydrogen (secondary N) is 1. The van der Waals surface area contributed by atoms with Crippen molar-refractivity contribution >= 4 is 33.4 Å². The Balaban J connectivity index is 1.89. The predicted octanol–water partition coefficient (Wildman–Crippen LogP) is 3.84. The molecule has 0 atom stereocenters. The van der Waals surface area contributed by atoms with Crippen molar-refractivity contribution in [2.24, 2.45) is 0 Å². The first-order valence-corrected chi connectivity index (χ1v) is 10.8. The summed E-state index contributed by atoms with van der Waals surface area (Å²) in [5.74, 6) is 0.588. The summed E-state index contributed by atoms with van der Waals surface area (Å²) in [5, 5.41) is 2.80. The van der Waals surface area contributed by atoms with E-state index in [2.05, 4.69) is 5.32 Å². The molecule has 0 aliphatic carbocycles. The maximum Gasteiger partial charge on any atom is 0.243 e. The van der Waals surface area contributed by atoms with Gasteiger partial charge >= 0.3 is 0 Å². The molecule has 0 fully saturated rings. The Labute approximate surface area is 159 Å². The molecule has 26 heavy (non-hydrogen) atoms. The number of sulfonamides is 1. The summed E-state index contributed by atoms with van der Waals surface area (Å²) in [5.41, 5.74) is 0.589. The van der Waals surface area contributed by atoms with Crippen molar-refractivity contribution in [3.63, 3.8) is 0 Å². The Morgan fingerprint density at radius 2 is 1.69 bits per heavy atom. The van der Waals surface area contributed by atoms with Crippen molar-refractivity contribution in [2.75, 3.05) is 18.1 Å². The summed E-state index contributed by atoms with van der Waals surface area (Å²) in [6, 6.07) is 16.0. The van der Waals surface area contributed by atoms with Crippen LogP contribution in [-0.4, -0.2) is 37.5 Å². The second kappa shape index (κ2) is 9.21. The van der Waals surface area contributed by atoms with Crippen LogP contribution in [0.15, 0.2) is 64.4 Å². The van der Waals surface area contributed by atoms with Gasteiger partial charge in [0.1, 0.15) is 0 Å². The molecule has 0 aliphatic rings. The molecule has 0 radical (unpaired) electrons. The van der Waals surface area contributed by atoms with Crippen molar-refractivity contribution in [3.05, 3.63) is 54.6 Å². The highest BCUT2D eigenvalue weighted by atomic mass is 32.2. The van der Waals surface area contributed by atoms with E-state index in [0.29, 0.717) is 17.9 Å². The zero-order chi connectivity index (χ0) is 19.2. The van der Waals surface area contributed by atoms with Gasteiger partial charge in [-0.1, -0.05) is 18.2 Å². The molecule has 0 aromatic heterocycles. The smallest absolute Gasteiger partial charge is 0.243 e. The number of carbonyl (C=O) groups is 1. The normalized spacial score (nSPS) is 11.7. The van der Waals surface area contributed by atoms with E-state index < -0.39 is 10.0 Å². The summed E-state index contributed by atoms with van der Waals surface area (Å²) in [6.07, 6.45) is 0.385. The standard InChI is InChI=1S/C19H24N2O3S2/c1-15(2)21(3)26(23,24)18-11-9-16(10-12-18)20-19(22)13-14-25-17-7-5-4-6-8-17/h4-12,15H,13-14H2,1-3H3,(H,20,22). The number of benzene rings is 2. The molecule has 0 unspecified atom stereocenters. The highest BCUT2D eigenvalue weighted by Crippen LogP contribution is 2.20. The van der Waals surface area contributed by atoms with Crippen molar-refractivity contribution in [1.29, 1.82) is 0 Å². The van der Waals surface area contributed by atoms with Crippen molar-refractivity contribution in [1.82, 2.24) is 4.31 Å². The van der Waals surface area contributed by atoms with Gasteiger partial charge in [-0.15, -0.1) is 11.8 Å². The maximum atomic E-state index is 12.4. The first-order chi connectivity index (χ1) is 12.3. The fraction of sp³-hybridized carbons (Fsp3) is 0.316. The molecule has 5 nitrogen and oxygen atoms in total. The van der Waals surface area contributed by atoms with Gasteiger partial charge in [0.2, 0.25) is 15.9 Å². The summed E-state index contributed by atoms with van der Waals surface area (Å²) >= 11 is 1.63. The molecule has 0 bridgehead atoms. The van der Waals surface area contributed by atoms with Gasteiger partial charge in [0, 0.05) is 35.8 Å². The SMILES string of the molecule is CC(C)N(C)S(=O)(=O)c1ccc(NC(=O)CCSc2ccccc2)cc1. The molecule has 2 aromatic carbocycles. The third-order valence-corrected chi connectivity index (χ3v) is 6.94. The van der Waals surface area contributed by atoms with Crippen molar-refractivity contribution in [2.45, 2.75) is 36.1 Å². The van der Waals surface area contributed by atoms with Crippen LogP contribution in [0.2, 0.25) is 0 Å². The lowest BCUT2D eigenvalue weighted by molar-refractivity contribution is -0.115. The summed E-state index contributed by atoms with van der Waals surface area (Å²) in [4.78, 5) is 13.4. The van der Waals surface area contributed by atoms with Crippen molar-refractivity contribution in [3.8, 4) is 0 Å². The Morgan fingerprint density at radius 3 is 2.27 bits per heavy atom. The van der Waals surface area contributed by atoms with Crippen LogP contribution in [0.4, 0.5) is 5.69 Å². The van der Waals surface area contributed by atoms with E-state index in [1.165, 1.54) is 16.4 Å².